The smallest absolute Gasteiger partial charge is 0.170 e. The Bertz CT molecular complexity index is 1460. The van der Waals surface area contributed by atoms with Crippen molar-refractivity contribution < 1.29 is 49.2 Å². The Kier molecular flexibility index (Phi) is 6.10. The van der Waals surface area contributed by atoms with Crippen molar-refractivity contribution in [2.75, 3.05) is 27.6 Å². The van der Waals surface area contributed by atoms with Gasteiger partial charge in [-0.1, -0.05) is 6.07 Å². The van der Waals surface area contributed by atoms with Gasteiger partial charge in [-0.05, 0) is 24.1 Å². The number of phenols is 1. The third-order valence-corrected chi connectivity index (χ3v) is 9.53. The number of hydrogen-bond acceptors (Lipinski definition) is 12. The molecule has 220 valence electrons. The minimum atomic E-state index is -1.33. The molecule has 3 heterocycles. The largest absolute Gasteiger partial charge is 0.507 e. The summed E-state index contributed by atoms with van der Waals surface area (Å²) in [6, 6.07) is 1.87. The molecule has 1 aromatic rings. The summed E-state index contributed by atoms with van der Waals surface area (Å²) in [7, 11) is 2.93. The predicted octanol–water partition coefficient (Wildman–Crippen LogP) is 1.22. The van der Waals surface area contributed by atoms with Crippen LogP contribution in [-0.4, -0.2) is 88.7 Å². The number of ether oxygens (including phenoxy) is 5. The molecular weight excluding hydrogens is 536 g/mol. The quantitative estimate of drug-likeness (QED) is 0.281. The number of nitrogens with zero attached hydrogens (tertiary/aromatic N) is 1. The molecule has 0 amide bonds. The topological polar surface area (TPSA) is 177 Å². The van der Waals surface area contributed by atoms with Crippen molar-refractivity contribution in [2.24, 2.45) is 11.3 Å². The van der Waals surface area contributed by atoms with Crippen molar-refractivity contribution in [1.82, 2.24) is 5.01 Å². The van der Waals surface area contributed by atoms with Crippen LogP contribution in [0.1, 0.15) is 48.2 Å². The summed E-state index contributed by atoms with van der Waals surface area (Å²) in [5.74, 6) is 6.16. The molecule has 41 heavy (non-hydrogen) atoms. The van der Waals surface area contributed by atoms with Crippen LogP contribution in [0.15, 0.2) is 40.2 Å². The van der Waals surface area contributed by atoms with Crippen LogP contribution in [0.2, 0.25) is 0 Å². The number of fused-ring (bicyclic) bond motifs is 3. The molecule has 1 fully saturated rings. The second-order valence-electron chi connectivity index (χ2n) is 11.6. The highest BCUT2D eigenvalue weighted by molar-refractivity contribution is 5.87. The second-order valence-corrected chi connectivity index (χ2v) is 11.6. The Labute approximate surface area is 236 Å². The minimum Gasteiger partial charge on any atom is -0.507 e. The zero-order valence-corrected chi connectivity index (χ0v) is 23.0. The predicted molar refractivity (Wildman–Crippen MR) is 142 cm³/mol. The molecule has 6 aliphatic rings. The van der Waals surface area contributed by atoms with Gasteiger partial charge in [0.05, 0.1) is 41.5 Å². The molecule has 12 heteroatoms. The van der Waals surface area contributed by atoms with E-state index in [4.69, 9.17) is 29.5 Å². The number of hydrogen-bond donors (Lipinski definition) is 6. The number of nitrogens with two attached hydrogens (primary N) is 1. The monoisotopic (exact) mass is 570 g/mol. The molecule has 0 saturated carbocycles. The third-order valence-electron chi connectivity index (χ3n) is 9.53. The van der Waals surface area contributed by atoms with Gasteiger partial charge < -0.3 is 49.2 Å². The van der Waals surface area contributed by atoms with Gasteiger partial charge in [-0.25, -0.2) is 5.84 Å². The molecule has 1 spiro atoms. The van der Waals surface area contributed by atoms with Gasteiger partial charge in [0.25, 0.3) is 0 Å². The van der Waals surface area contributed by atoms with Crippen LogP contribution in [0.25, 0.3) is 11.6 Å². The first-order valence-electron chi connectivity index (χ1n) is 13.6. The summed E-state index contributed by atoms with van der Waals surface area (Å²) in [5, 5.41) is 58.5. The highest BCUT2D eigenvalue weighted by atomic mass is 16.7. The van der Waals surface area contributed by atoms with E-state index < -0.39 is 42.2 Å². The highest BCUT2D eigenvalue weighted by Crippen LogP contribution is 2.61. The third kappa shape index (κ3) is 3.50. The molecule has 0 aromatic heterocycles. The molecule has 0 bridgehead atoms. The number of phenolic OH excluding ortho intramolecular Hbond substituents is 1. The fourth-order valence-corrected chi connectivity index (χ4v) is 7.57. The van der Waals surface area contributed by atoms with Gasteiger partial charge in [0.2, 0.25) is 0 Å². The van der Waals surface area contributed by atoms with Gasteiger partial charge in [-0.3, -0.25) is 5.01 Å². The molecule has 3 aliphatic carbocycles. The van der Waals surface area contributed by atoms with Crippen LogP contribution < -0.4 is 5.84 Å². The lowest BCUT2D eigenvalue weighted by atomic mass is 9.59. The van der Waals surface area contributed by atoms with Gasteiger partial charge in [-0.2, -0.15) is 0 Å². The van der Waals surface area contributed by atoms with E-state index >= 15 is 0 Å². The Morgan fingerprint density at radius 2 is 1.93 bits per heavy atom. The molecule has 3 aliphatic heterocycles. The van der Waals surface area contributed by atoms with Crippen molar-refractivity contribution >= 4 is 11.6 Å². The fraction of sp³-hybridized carbons (Fsp3) is 0.517. The van der Waals surface area contributed by atoms with Crippen molar-refractivity contribution in [3.05, 3.63) is 62.4 Å². The molecule has 7 unspecified atom stereocenters. The zero-order chi connectivity index (χ0) is 29.0. The standard InChI is InChI=1S/C29H34N2O10/c1-11-4-12-5-13-6-17-29(9-39-10-40-17)8-16-20(25(35)22(29)18(13)23(33)19(12)28(36)31(11)30)24(34)21-15(37-2)7-14(32)26(38-3)27(21)41-16/h4-5,14-15,17,24,26,28,32-36H,6-10,30H2,1-3H3. The number of aliphatic hydroxyl groups is 4. The number of benzene rings is 1. The van der Waals surface area contributed by atoms with Crippen molar-refractivity contribution in [2.45, 2.75) is 62.9 Å². The van der Waals surface area contributed by atoms with E-state index in [9.17, 15) is 25.5 Å². The summed E-state index contributed by atoms with van der Waals surface area (Å²) >= 11 is 0. The molecular formula is C29H34N2O10. The second kappa shape index (κ2) is 9.28. The van der Waals surface area contributed by atoms with Gasteiger partial charge in [0.1, 0.15) is 42.0 Å². The van der Waals surface area contributed by atoms with Crippen molar-refractivity contribution in [1.29, 1.82) is 0 Å². The van der Waals surface area contributed by atoms with Crippen LogP contribution in [0.4, 0.5) is 0 Å². The molecule has 7 rings (SSSR count). The summed E-state index contributed by atoms with van der Waals surface area (Å²) in [6.45, 7) is 1.97. The molecule has 7 N–H and O–H groups in total. The number of aromatic hydroxyl groups is 1. The Balaban J connectivity index is 1.45. The number of rotatable bonds is 2. The van der Waals surface area contributed by atoms with E-state index in [0.717, 1.165) is 5.56 Å². The van der Waals surface area contributed by atoms with Crippen LogP contribution in [0, 0.1) is 5.41 Å². The van der Waals surface area contributed by atoms with Crippen LogP contribution >= 0.6 is 0 Å². The van der Waals surface area contributed by atoms with Crippen LogP contribution in [0.5, 0.6) is 5.75 Å². The summed E-state index contributed by atoms with van der Waals surface area (Å²) in [6.07, 6.45) is -3.02. The molecule has 0 radical (unpaired) electrons. The average Bonchev–Trinajstić information content (AvgIpc) is 2.94. The van der Waals surface area contributed by atoms with E-state index in [1.54, 1.807) is 13.0 Å². The first-order chi connectivity index (χ1) is 19.6. The zero-order valence-electron chi connectivity index (χ0n) is 23.0. The lowest BCUT2D eigenvalue weighted by Gasteiger charge is -2.52. The summed E-state index contributed by atoms with van der Waals surface area (Å²) < 4.78 is 29.5. The molecule has 7 atom stereocenters. The lowest BCUT2D eigenvalue weighted by molar-refractivity contribution is -0.195. The Morgan fingerprint density at radius 3 is 2.66 bits per heavy atom. The Morgan fingerprint density at radius 1 is 1.15 bits per heavy atom. The van der Waals surface area contributed by atoms with E-state index in [-0.39, 0.29) is 54.6 Å². The van der Waals surface area contributed by atoms with Crippen LogP contribution in [0.3, 0.4) is 0 Å². The van der Waals surface area contributed by atoms with Gasteiger partial charge in [0.15, 0.2) is 6.23 Å². The molecule has 12 nitrogen and oxygen atoms in total. The fourth-order valence-electron chi connectivity index (χ4n) is 7.57. The van der Waals surface area contributed by atoms with E-state index in [2.05, 4.69) is 0 Å². The number of methoxy groups -OCH3 is 2. The van der Waals surface area contributed by atoms with E-state index in [0.29, 0.717) is 40.2 Å². The number of aliphatic hydroxyl groups excluding tert-OH is 4. The molecule has 1 saturated heterocycles. The lowest BCUT2D eigenvalue weighted by Crippen LogP contribution is -2.54. The van der Waals surface area contributed by atoms with Gasteiger partial charge in [-0.15, -0.1) is 0 Å². The maximum absolute atomic E-state index is 12.1. The summed E-state index contributed by atoms with van der Waals surface area (Å²) in [4.78, 5) is 0. The highest BCUT2D eigenvalue weighted by Gasteiger charge is 2.58. The van der Waals surface area contributed by atoms with Crippen molar-refractivity contribution in [3.8, 4) is 5.75 Å². The number of hydrazine groups is 1. The first kappa shape index (κ1) is 26.9. The normalized spacial score (nSPS) is 36.0. The minimum absolute atomic E-state index is 0.0602. The summed E-state index contributed by atoms with van der Waals surface area (Å²) in [5.41, 5.74) is 2.40. The first-order valence-corrected chi connectivity index (χ1v) is 13.6. The SMILES string of the molecule is COC1CC(O)C(OC)C2=C1C(O)C1=C(CC34COCOC3Cc3cc5c(c(O)c3C4=C1O)C(O)N(N)C(C)=C5)O2. The van der Waals surface area contributed by atoms with Crippen molar-refractivity contribution in [3.63, 3.8) is 0 Å². The average molecular weight is 571 g/mol. The maximum atomic E-state index is 12.1. The maximum Gasteiger partial charge on any atom is 0.170 e. The number of allylic oxidation sites excluding steroid dienone is 2. The van der Waals surface area contributed by atoms with E-state index in [1.807, 2.05) is 6.07 Å². The Hall–Kier alpha value is -2.94. The van der Waals surface area contributed by atoms with Crippen LogP contribution in [-0.2, 0) is 30.1 Å². The van der Waals surface area contributed by atoms with Gasteiger partial charge >= 0.3 is 0 Å². The molecule has 1 aromatic carbocycles. The van der Waals surface area contributed by atoms with E-state index in [1.165, 1.54) is 19.2 Å². The van der Waals surface area contributed by atoms with Gasteiger partial charge in [0, 0.05) is 55.9 Å².